The highest BCUT2D eigenvalue weighted by Crippen LogP contribution is 2.52. The highest BCUT2D eigenvalue weighted by Gasteiger charge is 2.42. The zero-order valence-electron chi connectivity index (χ0n) is 28.4. The van der Waals surface area contributed by atoms with Gasteiger partial charge in [0.2, 0.25) is 0 Å². The van der Waals surface area contributed by atoms with E-state index >= 15 is 0 Å². The predicted octanol–water partition coefficient (Wildman–Crippen LogP) is 12.0. The lowest BCUT2D eigenvalue weighted by molar-refractivity contribution is -0.144. The monoisotopic (exact) mass is 810 g/mol. The quantitative estimate of drug-likeness (QED) is 0.129. The maximum atomic E-state index is 14.1. The molecule has 4 aromatic rings. The summed E-state index contributed by atoms with van der Waals surface area (Å²) in [6.07, 6.45) is -9.09. The van der Waals surface area contributed by atoms with E-state index in [2.05, 4.69) is 0 Å². The number of hydrogen-bond donors (Lipinski definition) is 0. The molecule has 0 nitrogen and oxygen atoms in total. The van der Waals surface area contributed by atoms with Gasteiger partial charge in [-0.05, 0) is 90.2 Å². The van der Waals surface area contributed by atoms with Gasteiger partial charge in [-0.15, -0.1) is 0 Å². The first-order valence-electron chi connectivity index (χ1n) is 16.5. The van der Waals surface area contributed by atoms with Crippen molar-refractivity contribution >= 4 is 37.1 Å². The van der Waals surface area contributed by atoms with Gasteiger partial charge in [0.05, 0.1) is 22.3 Å². The molecule has 0 heterocycles. The zero-order chi connectivity index (χ0) is 39.9. The minimum Gasteiger partial charge on any atom is -0.166 e. The summed E-state index contributed by atoms with van der Waals surface area (Å²) in [6.45, 7) is 1.40. The largest absolute Gasteiger partial charge is 0.416 e. The fourth-order valence-electron chi connectivity index (χ4n) is 6.60. The van der Waals surface area contributed by atoms with E-state index in [1.54, 1.807) is 24.3 Å². The summed E-state index contributed by atoms with van der Waals surface area (Å²) in [4.78, 5) is 0. The number of alkyl halides is 12. The molecule has 0 fully saturated rings. The molecule has 0 saturated carbocycles. The van der Waals surface area contributed by atoms with Gasteiger partial charge in [-0.1, -0.05) is 110 Å². The first-order chi connectivity index (χ1) is 25.7. The maximum Gasteiger partial charge on any atom is 0.416 e. The molecule has 0 amide bonds. The third-order valence-electron chi connectivity index (χ3n) is 9.05. The molecule has 1 unspecified atom stereocenters. The van der Waals surface area contributed by atoms with Crippen LogP contribution in [0.3, 0.4) is 0 Å². The average Bonchev–Trinajstić information content (AvgIpc) is 3.61. The molecule has 4 aromatic carbocycles. The summed E-state index contributed by atoms with van der Waals surface area (Å²) in [5.74, 6) is 0. The van der Waals surface area contributed by atoms with Gasteiger partial charge < -0.3 is 0 Å². The lowest BCUT2D eigenvalue weighted by Gasteiger charge is -2.33. The van der Waals surface area contributed by atoms with Gasteiger partial charge in [-0.2, -0.15) is 52.7 Å². The van der Waals surface area contributed by atoms with E-state index in [4.69, 9.17) is 0 Å². The Morgan fingerprint density at radius 3 is 1.31 bits per heavy atom. The van der Waals surface area contributed by atoms with Gasteiger partial charge in [0.25, 0.3) is 0 Å². The van der Waals surface area contributed by atoms with Gasteiger partial charge in [0, 0.05) is 11.3 Å². The molecule has 2 aliphatic rings. The second-order valence-corrected chi connectivity index (χ2v) is 17.5. The van der Waals surface area contributed by atoms with Crippen LogP contribution in [0.15, 0.2) is 156 Å². The molecule has 0 aromatic heterocycles. The summed E-state index contributed by atoms with van der Waals surface area (Å²) in [5.41, 5.74) is -6.94. The van der Waals surface area contributed by atoms with Crippen molar-refractivity contribution < 1.29 is 52.7 Å². The molecule has 0 bridgehead atoms. The molecule has 0 N–H and O–H groups in total. The van der Waals surface area contributed by atoms with Crippen LogP contribution in [-0.2, 0) is 24.7 Å². The minimum absolute atomic E-state index is 0.127. The molecule has 0 radical (unpaired) electrons. The van der Waals surface area contributed by atoms with Crippen LogP contribution in [-0.4, -0.2) is 11.3 Å². The highest BCUT2D eigenvalue weighted by atomic mass is 31.1. The Balaban J connectivity index is 1.59. The molecule has 0 saturated heterocycles. The van der Waals surface area contributed by atoms with Crippen molar-refractivity contribution in [3.63, 3.8) is 0 Å². The number of allylic oxidation sites excluding steroid dienone is 10. The summed E-state index contributed by atoms with van der Waals surface area (Å²) in [7, 11) is -4.01. The summed E-state index contributed by atoms with van der Waals surface area (Å²) in [6, 6.07) is 20.4. The van der Waals surface area contributed by atoms with Crippen LogP contribution in [0, 0.1) is 0 Å². The Kier molecular flexibility index (Phi) is 11.2. The fraction of sp³-hybridized carbons (Fsp3) is 0.171. The Labute approximate surface area is 310 Å². The lowest BCUT2D eigenvalue weighted by atomic mass is 9.95. The van der Waals surface area contributed by atoms with E-state index in [0.717, 1.165) is 10.6 Å². The maximum absolute atomic E-state index is 14.1. The van der Waals surface area contributed by atoms with Crippen LogP contribution in [0.4, 0.5) is 52.7 Å². The van der Waals surface area contributed by atoms with Gasteiger partial charge in [0.1, 0.15) is 0 Å². The van der Waals surface area contributed by atoms with Gasteiger partial charge in [0.15, 0.2) is 0 Å². The molecule has 0 spiro atoms. The van der Waals surface area contributed by atoms with E-state index in [0.29, 0.717) is 41.0 Å². The number of rotatable bonds is 7. The molecule has 55 heavy (non-hydrogen) atoms. The second-order valence-electron chi connectivity index (χ2n) is 12.7. The molecule has 14 heteroatoms. The SMILES string of the molecule is C[C@H](C1=CC=CC1=C1C=CC=CC1P(c1ccccc1)c1ccccc1)P(c1cc(C(F)(F)F)cc(C(F)(F)F)c1)c1cc(C(F)(F)F)cc(C(F)(F)F)c1. The van der Waals surface area contributed by atoms with E-state index in [1.165, 1.54) is 6.92 Å². The van der Waals surface area contributed by atoms with E-state index in [9.17, 15) is 52.7 Å². The Morgan fingerprint density at radius 2 is 0.909 bits per heavy atom. The van der Waals surface area contributed by atoms with Crippen molar-refractivity contribution in [3.05, 3.63) is 179 Å². The highest BCUT2D eigenvalue weighted by molar-refractivity contribution is 7.74. The Hall–Kier alpha value is -4.40. The van der Waals surface area contributed by atoms with Crippen LogP contribution in [0.25, 0.3) is 0 Å². The number of hydrogen-bond acceptors (Lipinski definition) is 0. The molecular formula is C41H28F12P2. The van der Waals surface area contributed by atoms with E-state index in [-0.39, 0.29) is 17.8 Å². The van der Waals surface area contributed by atoms with Crippen molar-refractivity contribution in [2.24, 2.45) is 0 Å². The van der Waals surface area contributed by atoms with Crippen molar-refractivity contribution in [3.8, 4) is 0 Å². The standard InChI is InChI=1S/C41H28F12P2/c1-25(34-16-10-17-35(34)36-15-8-9-18-37(36)55(30-11-4-2-5-12-30)31-13-6-3-7-14-31)54(32-21-26(38(42,43)44)19-27(22-32)39(45,46)47)33-23-28(40(48,49)50)20-29(24-33)41(51,52)53/h2-25,37H,1H3/t25-,37?/m1/s1. The van der Waals surface area contributed by atoms with Crippen molar-refractivity contribution in [2.75, 3.05) is 0 Å². The van der Waals surface area contributed by atoms with Crippen LogP contribution in [0.5, 0.6) is 0 Å². The second kappa shape index (κ2) is 15.3. The number of benzene rings is 4. The van der Waals surface area contributed by atoms with Crippen molar-refractivity contribution in [1.82, 2.24) is 0 Å². The lowest BCUT2D eigenvalue weighted by Crippen LogP contribution is -2.27. The van der Waals surface area contributed by atoms with E-state index < -0.39 is 79.1 Å². The number of halogens is 12. The first kappa shape index (κ1) is 40.3. The normalized spacial score (nSPS) is 18.4. The topological polar surface area (TPSA) is 0 Å². The molecule has 2 aliphatic carbocycles. The summed E-state index contributed by atoms with van der Waals surface area (Å²) in [5, 5.41) is 0.588. The molecule has 0 aliphatic heterocycles. The van der Waals surface area contributed by atoms with Crippen LogP contribution < -0.4 is 21.2 Å². The molecule has 6 rings (SSSR count). The Bertz CT molecular complexity index is 2010. The minimum atomic E-state index is -5.33. The van der Waals surface area contributed by atoms with Gasteiger partial charge in [-0.25, -0.2) is 0 Å². The zero-order valence-corrected chi connectivity index (χ0v) is 30.2. The molecule has 2 atom stereocenters. The first-order valence-corrected chi connectivity index (χ1v) is 19.3. The molecule has 286 valence electrons. The summed E-state index contributed by atoms with van der Waals surface area (Å²) < 4.78 is 170. The fourth-order valence-corrected chi connectivity index (χ4v) is 12.1. The average molecular weight is 811 g/mol. The van der Waals surface area contributed by atoms with E-state index in [1.807, 2.05) is 78.9 Å². The third kappa shape index (κ3) is 8.86. The van der Waals surface area contributed by atoms with Gasteiger partial charge in [-0.3, -0.25) is 0 Å². The van der Waals surface area contributed by atoms with Crippen LogP contribution in [0.2, 0.25) is 0 Å². The molecular weight excluding hydrogens is 782 g/mol. The predicted molar refractivity (Wildman–Crippen MR) is 194 cm³/mol. The van der Waals surface area contributed by atoms with Gasteiger partial charge >= 0.3 is 24.7 Å². The summed E-state index contributed by atoms with van der Waals surface area (Å²) >= 11 is 0. The Morgan fingerprint density at radius 1 is 0.491 bits per heavy atom. The smallest absolute Gasteiger partial charge is 0.166 e. The van der Waals surface area contributed by atoms with Crippen molar-refractivity contribution in [1.29, 1.82) is 0 Å². The van der Waals surface area contributed by atoms with Crippen LogP contribution in [0.1, 0.15) is 29.2 Å². The van der Waals surface area contributed by atoms with Crippen LogP contribution >= 0.6 is 15.8 Å². The third-order valence-corrected chi connectivity index (χ3v) is 14.4. The van der Waals surface area contributed by atoms with Crippen molar-refractivity contribution in [2.45, 2.75) is 42.9 Å².